The predicted octanol–water partition coefficient (Wildman–Crippen LogP) is 0.0615. The van der Waals surface area contributed by atoms with Crippen molar-refractivity contribution >= 4 is 51.4 Å². The molecule has 2 heteroatoms. The van der Waals surface area contributed by atoms with Crippen molar-refractivity contribution in [1.29, 1.82) is 0 Å². The normalized spacial score (nSPS) is 7.15. The van der Waals surface area contributed by atoms with E-state index in [-0.39, 0.29) is 103 Å². The summed E-state index contributed by atoms with van der Waals surface area (Å²) < 4.78 is 0. The summed E-state index contributed by atoms with van der Waals surface area (Å²) >= 11 is 0. The van der Waals surface area contributed by atoms with E-state index in [1.54, 1.807) is 0 Å². The Labute approximate surface area is 168 Å². The van der Waals surface area contributed by atoms with Gasteiger partial charge in [-0.15, -0.1) is 0 Å². The van der Waals surface area contributed by atoms with Crippen molar-refractivity contribution < 1.29 is 51.4 Å². The van der Waals surface area contributed by atoms with Gasteiger partial charge in [-0.1, -0.05) is 34.6 Å². The van der Waals surface area contributed by atoms with Crippen molar-refractivity contribution in [2.45, 2.75) is 34.6 Å². The molecule has 0 spiro atoms. The van der Waals surface area contributed by atoms with E-state index in [0.29, 0.717) is 0 Å². The Hall–Kier alpha value is 2.49. The maximum Gasteiger partial charge on any atom is 1.00 e. The van der Waals surface area contributed by atoms with Crippen molar-refractivity contribution in [2.75, 3.05) is 0 Å². The third kappa shape index (κ3) is 9.42. The SMILES string of the molecule is CC.Cc1[c-]cc(C)c(C)c1.[K+].[K]. The number of hydrogen-bond donors (Lipinski definition) is 0. The summed E-state index contributed by atoms with van der Waals surface area (Å²) in [5.41, 5.74) is 3.89. The van der Waals surface area contributed by atoms with Crippen LogP contribution in [-0.4, -0.2) is 51.4 Å². The molecule has 0 fully saturated rings. The molecule has 0 N–H and O–H groups in total. The van der Waals surface area contributed by atoms with Crippen LogP contribution < -0.4 is 51.4 Å². The quantitative estimate of drug-likeness (QED) is 0.434. The first-order valence-electron chi connectivity index (χ1n) is 4.15. The molecule has 1 radical (unpaired) electrons. The van der Waals surface area contributed by atoms with Gasteiger partial charge < -0.3 is 0 Å². The van der Waals surface area contributed by atoms with Crippen LogP contribution in [0.25, 0.3) is 0 Å². The maximum absolute atomic E-state index is 3.14. The van der Waals surface area contributed by atoms with Gasteiger partial charge in [0.05, 0.1) is 0 Å². The molecular formula is C11H17K2. The zero-order valence-electron chi connectivity index (χ0n) is 10.2. The third-order valence-electron chi connectivity index (χ3n) is 1.57. The van der Waals surface area contributed by atoms with Crippen LogP contribution in [0.3, 0.4) is 0 Å². The van der Waals surface area contributed by atoms with E-state index in [1.165, 1.54) is 16.7 Å². The molecule has 0 unspecified atom stereocenters. The molecule has 0 aliphatic heterocycles. The molecule has 1 aromatic carbocycles. The van der Waals surface area contributed by atoms with Gasteiger partial charge in [-0.2, -0.15) is 34.9 Å². The topological polar surface area (TPSA) is 0 Å². The Balaban J connectivity index is -0.000000234. The van der Waals surface area contributed by atoms with E-state index in [9.17, 15) is 0 Å². The monoisotopic (exact) mass is 227 g/mol. The minimum Gasteiger partial charge on any atom is -0.180 e. The Kier molecular flexibility index (Phi) is 20.1. The summed E-state index contributed by atoms with van der Waals surface area (Å²) in [5.74, 6) is 0. The largest absolute Gasteiger partial charge is 1.00 e. The van der Waals surface area contributed by atoms with E-state index >= 15 is 0 Å². The second kappa shape index (κ2) is 12.6. The van der Waals surface area contributed by atoms with Crippen LogP contribution in [-0.2, 0) is 0 Å². The van der Waals surface area contributed by atoms with Crippen LogP contribution in [0, 0.1) is 26.8 Å². The fraction of sp³-hybridized carbons (Fsp3) is 0.455. The fourth-order valence-corrected chi connectivity index (χ4v) is 0.816. The van der Waals surface area contributed by atoms with E-state index in [0.717, 1.165) is 0 Å². The molecule has 0 aromatic heterocycles. The number of benzene rings is 1. The van der Waals surface area contributed by atoms with Gasteiger partial charge in [0.25, 0.3) is 0 Å². The Morgan fingerprint density at radius 2 is 1.46 bits per heavy atom. The van der Waals surface area contributed by atoms with Gasteiger partial charge in [-0.25, -0.2) is 0 Å². The van der Waals surface area contributed by atoms with Crippen molar-refractivity contribution in [1.82, 2.24) is 0 Å². The molecule has 13 heavy (non-hydrogen) atoms. The number of hydrogen-bond acceptors (Lipinski definition) is 0. The minimum absolute atomic E-state index is 0. The summed E-state index contributed by atoms with van der Waals surface area (Å²) in [4.78, 5) is 0. The molecule has 0 saturated heterocycles. The third-order valence-corrected chi connectivity index (χ3v) is 1.57. The summed E-state index contributed by atoms with van der Waals surface area (Å²) in [6.45, 7) is 10.3. The van der Waals surface area contributed by atoms with Crippen molar-refractivity contribution in [3.63, 3.8) is 0 Å². The predicted molar refractivity (Wildman–Crippen MR) is 56.6 cm³/mol. The van der Waals surface area contributed by atoms with E-state index < -0.39 is 0 Å². The van der Waals surface area contributed by atoms with E-state index in [4.69, 9.17) is 0 Å². The molecule has 0 bridgehead atoms. The maximum atomic E-state index is 3.14. The zero-order valence-corrected chi connectivity index (χ0v) is 16.4. The van der Waals surface area contributed by atoms with Gasteiger partial charge >= 0.3 is 51.4 Å². The average Bonchev–Trinajstić information content (AvgIpc) is 2.02. The Morgan fingerprint density at radius 1 is 1.00 bits per heavy atom. The summed E-state index contributed by atoms with van der Waals surface area (Å²) in [5, 5.41) is 0. The van der Waals surface area contributed by atoms with Gasteiger partial charge in [0.15, 0.2) is 0 Å². The van der Waals surface area contributed by atoms with Gasteiger partial charge in [0.2, 0.25) is 0 Å². The smallest absolute Gasteiger partial charge is 0.180 e. The molecule has 0 atom stereocenters. The molecule has 0 aliphatic rings. The zero-order chi connectivity index (χ0) is 8.85. The first-order valence-corrected chi connectivity index (χ1v) is 4.15. The fourth-order valence-electron chi connectivity index (χ4n) is 0.816. The summed E-state index contributed by atoms with van der Waals surface area (Å²) in [7, 11) is 0. The Morgan fingerprint density at radius 3 is 1.77 bits per heavy atom. The molecule has 0 aliphatic carbocycles. The van der Waals surface area contributed by atoms with Gasteiger partial charge in [-0.05, 0) is 0 Å². The van der Waals surface area contributed by atoms with Crippen LogP contribution >= 0.6 is 0 Å². The molecular weight excluding hydrogens is 210 g/mol. The molecule has 0 nitrogen and oxygen atoms in total. The van der Waals surface area contributed by atoms with Crippen LogP contribution in [0.4, 0.5) is 0 Å². The van der Waals surface area contributed by atoms with Crippen molar-refractivity contribution in [2.24, 2.45) is 0 Å². The standard InChI is InChI=1S/C9H11.C2H6.2K/c1-7-4-5-8(2)9(3)6-7;1-2;;/h5-6H,1-3H3;1-2H3;;/q-1;;;+1. The average molecular weight is 227 g/mol. The second-order valence-electron chi connectivity index (χ2n) is 2.48. The van der Waals surface area contributed by atoms with Crippen molar-refractivity contribution in [3.8, 4) is 0 Å². The molecule has 63 valence electrons. The van der Waals surface area contributed by atoms with Gasteiger partial charge in [0, 0.05) is 51.4 Å². The molecule has 1 rings (SSSR count). The molecule has 0 saturated carbocycles. The summed E-state index contributed by atoms with van der Waals surface area (Å²) in [6, 6.07) is 7.32. The molecule has 1 aromatic rings. The first kappa shape index (κ1) is 20.9. The van der Waals surface area contributed by atoms with E-state index in [1.807, 2.05) is 19.9 Å². The van der Waals surface area contributed by atoms with E-state index in [2.05, 4.69) is 32.9 Å². The summed E-state index contributed by atoms with van der Waals surface area (Å²) in [6.07, 6.45) is 0. The molecule has 0 amide bonds. The number of aryl methyl sites for hydroxylation is 3. The van der Waals surface area contributed by atoms with Crippen molar-refractivity contribution in [3.05, 3.63) is 34.9 Å². The molecule has 0 heterocycles. The van der Waals surface area contributed by atoms with Crippen LogP contribution in [0.1, 0.15) is 30.5 Å². The van der Waals surface area contributed by atoms with Crippen LogP contribution in [0.2, 0.25) is 0 Å². The number of rotatable bonds is 0. The van der Waals surface area contributed by atoms with Gasteiger partial charge in [0.1, 0.15) is 0 Å². The van der Waals surface area contributed by atoms with Gasteiger partial charge in [-0.3, -0.25) is 0 Å². The second-order valence-corrected chi connectivity index (χ2v) is 2.48. The van der Waals surface area contributed by atoms with Crippen LogP contribution in [0.15, 0.2) is 12.1 Å². The minimum atomic E-state index is 0. The Bertz CT molecular complexity index is 219. The first-order chi connectivity index (χ1) is 5.20. The van der Waals surface area contributed by atoms with Crippen LogP contribution in [0.5, 0.6) is 0 Å².